The predicted molar refractivity (Wildman–Crippen MR) is 92.8 cm³/mol. The minimum Gasteiger partial charge on any atom is -0.373 e. The number of carbonyl (C=O) groups is 1. The Morgan fingerprint density at radius 1 is 1.35 bits per heavy atom. The fourth-order valence-corrected chi connectivity index (χ4v) is 3.61. The summed E-state index contributed by atoms with van der Waals surface area (Å²) in [6.45, 7) is 4.01. The van der Waals surface area contributed by atoms with Gasteiger partial charge in [0, 0.05) is 30.6 Å². The maximum Gasteiger partial charge on any atom is 0.315 e. The van der Waals surface area contributed by atoms with Crippen molar-refractivity contribution in [3.8, 4) is 0 Å². The molecule has 0 aliphatic carbocycles. The first kappa shape index (κ1) is 16.6. The predicted octanol–water partition coefficient (Wildman–Crippen LogP) is 2.07. The third-order valence-electron chi connectivity index (χ3n) is 4.56. The van der Waals surface area contributed by atoms with Crippen LogP contribution in [0.1, 0.15) is 18.4 Å². The summed E-state index contributed by atoms with van der Waals surface area (Å²) in [5.41, 5.74) is 1.10. The number of thioether (sulfide) groups is 1. The van der Waals surface area contributed by atoms with E-state index in [2.05, 4.69) is 33.9 Å². The average molecular weight is 335 g/mol. The number of amides is 2. The van der Waals surface area contributed by atoms with Gasteiger partial charge in [-0.3, -0.25) is 4.90 Å². The largest absolute Gasteiger partial charge is 0.373 e. The number of urea groups is 1. The Kier molecular flexibility index (Phi) is 5.80. The van der Waals surface area contributed by atoms with E-state index in [0.29, 0.717) is 19.1 Å². The molecule has 2 aliphatic heterocycles. The molecule has 2 atom stereocenters. The molecule has 0 bridgehead atoms. The third kappa shape index (κ3) is 4.62. The van der Waals surface area contributed by atoms with E-state index in [1.165, 1.54) is 24.3 Å². The second-order valence-corrected chi connectivity index (χ2v) is 7.04. The van der Waals surface area contributed by atoms with Gasteiger partial charge in [-0.2, -0.15) is 0 Å². The van der Waals surface area contributed by atoms with E-state index in [1.54, 1.807) is 11.8 Å². The van der Waals surface area contributed by atoms with Crippen LogP contribution in [0.3, 0.4) is 0 Å². The summed E-state index contributed by atoms with van der Waals surface area (Å²) in [5, 5.41) is 5.82. The standard InChI is InChI=1S/C17H25N3O2S/c1-23-16-6-4-13(5-7-16)9-18-17(21)19-10-15-11-20-8-2-3-14(20)12-22-15/h4-7,14-15H,2-3,8-12H2,1H3,(H2,18,19,21)/t14-,15-/m1/s1. The van der Waals surface area contributed by atoms with Gasteiger partial charge in [-0.05, 0) is 43.3 Å². The second-order valence-electron chi connectivity index (χ2n) is 6.16. The van der Waals surface area contributed by atoms with Crippen LogP contribution in [-0.4, -0.2) is 55.6 Å². The Hall–Kier alpha value is -1.24. The van der Waals surface area contributed by atoms with E-state index in [0.717, 1.165) is 18.7 Å². The van der Waals surface area contributed by atoms with Gasteiger partial charge in [0.1, 0.15) is 0 Å². The van der Waals surface area contributed by atoms with Crippen LogP contribution >= 0.6 is 11.8 Å². The van der Waals surface area contributed by atoms with Crippen LogP contribution in [0, 0.1) is 0 Å². The van der Waals surface area contributed by atoms with Crippen LogP contribution in [0.4, 0.5) is 4.79 Å². The molecule has 0 unspecified atom stereocenters. The number of ether oxygens (including phenoxy) is 1. The van der Waals surface area contributed by atoms with E-state index < -0.39 is 0 Å². The van der Waals surface area contributed by atoms with Crippen molar-refractivity contribution in [3.05, 3.63) is 29.8 Å². The average Bonchev–Trinajstić information content (AvgIpc) is 3.06. The highest BCUT2D eigenvalue weighted by Crippen LogP contribution is 2.22. The van der Waals surface area contributed by atoms with Gasteiger partial charge in [0.25, 0.3) is 0 Å². The van der Waals surface area contributed by atoms with Gasteiger partial charge >= 0.3 is 6.03 Å². The normalized spacial score (nSPS) is 24.2. The lowest BCUT2D eigenvalue weighted by atomic mass is 10.2. The van der Waals surface area contributed by atoms with E-state index in [1.807, 2.05) is 12.1 Å². The van der Waals surface area contributed by atoms with E-state index in [9.17, 15) is 4.79 Å². The van der Waals surface area contributed by atoms with E-state index >= 15 is 0 Å². The molecule has 126 valence electrons. The Morgan fingerprint density at radius 2 is 2.17 bits per heavy atom. The maximum atomic E-state index is 11.9. The molecule has 5 nitrogen and oxygen atoms in total. The molecule has 2 saturated heterocycles. The molecule has 2 amide bonds. The number of nitrogens with one attached hydrogen (secondary N) is 2. The zero-order valence-electron chi connectivity index (χ0n) is 13.6. The molecule has 1 aromatic carbocycles. The minimum atomic E-state index is -0.133. The van der Waals surface area contributed by atoms with Gasteiger partial charge in [0.05, 0.1) is 12.7 Å². The lowest BCUT2D eigenvalue weighted by Gasteiger charge is -2.35. The van der Waals surface area contributed by atoms with Crippen LogP contribution in [0.5, 0.6) is 0 Å². The summed E-state index contributed by atoms with van der Waals surface area (Å²) in [6, 6.07) is 8.70. The summed E-state index contributed by atoms with van der Waals surface area (Å²) in [5.74, 6) is 0. The number of hydrogen-bond acceptors (Lipinski definition) is 4. The molecule has 3 rings (SSSR count). The Labute approximate surface area is 142 Å². The number of benzene rings is 1. The van der Waals surface area contributed by atoms with Crippen molar-refractivity contribution in [3.63, 3.8) is 0 Å². The second kappa shape index (κ2) is 8.04. The molecule has 6 heteroatoms. The summed E-state index contributed by atoms with van der Waals surface area (Å²) in [7, 11) is 0. The van der Waals surface area contributed by atoms with Crippen LogP contribution in [0.2, 0.25) is 0 Å². The molecular weight excluding hydrogens is 310 g/mol. The molecule has 0 spiro atoms. The van der Waals surface area contributed by atoms with Crippen LogP contribution in [0.25, 0.3) is 0 Å². The molecule has 0 radical (unpaired) electrons. The molecule has 1 aromatic rings. The summed E-state index contributed by atoms with van der Waals surface area (Å²) >= 11 is 1.71. The summed E-state index contributed by atoms with van der Waals surface area (Å²) in [6.07, 6.45) is 4.68. The summed E-state index contributed by atoms with van der Waals surface area (Å²) in [4.78, 5) is 15.6. The fraction of sp³-hybridized carbons (Fsp3) is 0.588. The monoisotopic (exact) mass is 335 g/mol. The van der Waals surface area contributed by atoms with Crippen LogP contribution in [0.15, 0.2) is 29.2 Å². The van der Waals surface area contributed by atoms with Gasteiger partial charge in [-0.25, -0.2) is 4.79 Å². The molecule has 2 heterocycles. The third-order valence-corrected chi connectivity index (χ3v) is 5.31. The van der Waals surface area contributed by atoms with E-state index in [-0.39, 0.29) is 12.1 Å². The first-order valence-electron chi connectivity index (χ1n) is 8.25. The number of fused-ring (bicyclic) bond motifs is 1. The molecule has 2 N–H and O–H groups in total. The number of carbonyl (C=O) groups excluding carboxylic acids is 1. The van der Waals surface area contributed by atoms with Gasteiger partial charge in [-0.15, -0.1) is 11.8 Å². The first-order chi connectivity index (χ1) is 11.2. The molecular formula is C17H25N3O2S. The number of morpholine rings is 1. The van der Waals surface area contributed by atoms with Gasteiger partial charge in [0.15, 0.2) is 0 Å². The van der Waals surface area contributed by atoms with Crippen molar-refractivity contribution in [2.75, 3.05) is 32.5 Å². The van der Waals surface area contributed by atoms with Crippen molar-refractivity contribution in [1.82, 2.24) is 15.5 Å². The van der Waals surface area contributed by atoms with Crippen molar-refractivity contribution in [1.29, 1.82) is 0 Å². The smallest absolute Gasteiger partial charge is 0.315 e. The quantitative estimate of drug-likeness (QED) is 0.809. The Morgan fingerprint density at radius 3 is 2.96 bits per heavy atom. The lowest BCUT2D eigenvalue weighted by molar-refractivity contribution is -0.0457. The SMILES string of the molecule is CSc1ccc(CNC(=O)NC[C@@H]2CN3CCC[C@@H]3CO2)cc1. The van der Waals surface area contributed by atoms with Gasteiger partial charge in [0.2, 0.25) is 0 Å². The van der Waals surface area contributed by atoms with Gasteiger partial charge in [-0.1, -0.05) is 12.1 Å². The highest BCUT2D eigenvalue weighted by Gasteiger charge is 2.32. The van der Waals surface area contributed by atoms with Crippen molar-refractivity contribution < 1.29 is 9.53 Å². The molecule has 2 aliphatic rings. The topological polar surface area (TPSA) is 53.6 Å². The lowest BCUT2D eigenvalue weighted by Crippen LogP contribution is -2.51. The molecule has 0 saturated carbocycles. The maximum absolute atomic E-state index is 11.9. The van der Waals surface area contributed by atoms with Crippen molar-refractivity contribution >= 4 is 17.8 Å². The van der Waals surface area contributed by atoms with Crippen LogP contribution in [-0.2, 0) is 11.3 Å². The number of hydrogen-bond donors (Lipinski definition) is 2. The zero-order valence-corrected chi connectivity index (χ0v) is 14.4. The van der Waals surface area contributed by atoms with Crippen LogP contribution < -0.4 is 10.6 Å². The highest BCUT2D eigenvalue weighted by molar-refractivity contribution is 7.98. The molecule has 23 heavy (non-hydrogen) atoms. The van der Waals surface area contributed by atoms with Crippen molar-refractivity contribution in [2.24, 2.45) is 0 Å². The van der Waals surface area contributed by atoms with Gasteiger partial charge < -0.3 is 15.4 Å². The molecule has 0 aromatic heterocycles. The van der Waals surface area contributed by atoms with E-state index in [4.69, 9.17) is 4.74 Å². The first-order valence-corrected chi connectivity index (χ1v) is 9.47. The number of rotatable bonds is 5. The molecule has 2 fully saturated rings. The highest BCUT2D eigenvalue weighted by atomic mass is 32.2. The fourth-order valence-electron chi connectivity index (χ4n) is 3.20. The Balaban J connectivity index is 1.36. The van der Waals surface area contributed by atoms with Crippen molar-refractivity contribution in [2.45, 2.75) is 36.4 Å². The number of nitrogens with zero attached hydrogens (tertiary/aromatic N) is 1. The zero-order chi connectivity index (χ0) is 16.1. The summed E-state index contributed by atoms with van der Waals surface area (Å²) < 4.78 is 5.84. The minimum absolute atomic E-state index is 0.107. The Bertz CT molecular complexity index is 523.